The average molecular weight is 1920 g/mol. The predicted molar refractivity (Wildman–Crippen MR) is 557 cm³/mol. The van der Waals surface area contributed by atoms with Gasteiger partial charge in [-0.1, -0.05) is 274 Å². The maximum atomic E-state index is 11.7. The second-order valence-electron chi connectivity index (χ2n) is 43.4. The Hall–Kier alpha value is -9.75. The molecule has 24 nitrogen and oxygen atoms in total. The van der Waals surface area contributed by atoms with Gasteiger partial charge in [0.15, 0.2) is 46.3 Å². The van der Waals surface area contributed by atoms with Crippen molar-refractivity contribution in [3.8, 4) is 0 Å². The van der Waals surface area contributed by atoms with Crippen LogP contribution in [0.1, 0.15) is 362 Å². The number of amides is 3. The first-order valence-corrected chi connectivity index (χ1v) is 48.5. The van der Waals surface area contributed by atoms with Crippen LogP contribution in [0.5, 0.6) is 0 Å². The first-order chi connectivity index (χ1) is 61.5. The van der Waals surface area contributed by atoms with E-state index in [1.54, 1.807) is 70.3 Å². The summed E-state index contributed by atoms with van der Waals surface area (Å²) in [6, 6.07) is 9.72. The first kappa shape index (κ1) is 142. The Balaban J connectivity index is -0.000000227. The van der Waals surface area contributed by atoms with Crippen LogP contribution in [-0.2, 0) is 96.3 Å². The van der Waals surface area contributed by atoms with Gasteiger partial charge in [-0.2, -0.15) is 0 Å². The van der Waals surface area contributed by atoms with Gasteiger partial charge in [0.2, 0.25) is 27.7 Å². The van der Waals surface area contributed by atoms with Crippen molar-refractivity contribution in [3.63, 3.8) is 0 Å². The summed E-state index contributed by atoms with van der Waals surface area (Å²) in [6.07, 6.45) is 24.6. The van der Waals surface area contributed by atoms with E-state index < -0.39 is 26.3 Å². The van der Waals surface area contributed by atoms with Crippen molar-refractivity contribution in [3.05, 3.63) is 140 Å². The molecule has 0 bridgehead atoms. The van der Waals surface area contributed by atoms with Crippen LogP contribution in [0.4, 0.5) is 0 Å². The summed E-state index contributed by atoms with van der Waals surface area (Å²) in [5.41, 5.74) is 0.299. The molecule has 1 aromatic carbocycles. The molecule has 0 heterocycles. The third kappa shape index (κ3) is 88.2. The molecule has 0 atom stereocenters. The third-order valence-corrected chi connectivity index (χ3v) is 20.5. The van der Waals surface area contributed by atoms with E-state index in [2.05, 4.69) is 59.0 Å². The number of ketones is 15. The lowest BCUT2D eigenvalue weighted by atomic mass is 9.87. The molecule has 136 heavy (non-hydrogen) atoms. The Bertz CT molecular complexity index is 4260. The van der Waals surface area contributed by atoms with Crippen LogP contribution in [-0.4, -0.2) is 174 Å². The van der Waals surface area contributed by atoms with Crippen LogP contribution in [0.25, 0.3) is 6.08 Å². The van der Waals surface area contributed by atoms with E-state index in [0.29, 0.717) is 102 Å². The number of allylic oxidation sites excluding steroid dienone is 9. The fraction of sp³-hybridized carbons (Fsp3) is 0.622. The lowest BCUT2D eigenvalue weighted by Gasteiger charge is -2.26. The number of unbranched alkanes of at least 4 members (excludes halogenated alkanes) is 1. The summed E-state index contributed by atoms with van der Waals surface area (Å²) in [4.78, 5) is 207. The van der Waals surface area contributed by atoms with Gasteiger partial charge in [-0.3, -0.25) is 86.3 Å². The SMILES string of the molecule is C/C=C/C(=O)CCC(=O)N(C)CC(C)(C)C.C/C=C/C(=O)CCCC(=O)C(C)(C)C.C=C(C)C(=O)CCCC(=O)C(C)(C)C.C=CC(=O)CCCCC(=O)C(C)(C)C.C=CC(=O)N(C)CC(=O)C(C)(C)C.C=CC(=O)NCC(=O)CCC(=O)C(C)(C)C.C=CS(=O)(=O)N(C)CC(C)(C)C.CC(C)(C)C(=O)CCCC(=O)/C=C/c1ccccc1.CC(C)=CC(=O)CCC(=O)CCC(=O)C(C)(C)C. The zero-order valence-electron chi connectivity index (χ0n) is 90.9. The van der Waals surface area contributed by atoms with Gasteiger partial charge >= 0.3 is 0 Å². The zero-order chi connectivity index (χ0) is 109. The molecule has 1 aromatic rings. The van der Waals surface area contributed by atoms with Gasteiger partial charge in [0.25, 0.3) is 0 Å². The fourth-order valence-electron chi connectivity index (χ4n) is 10.2. The van der Waals surface area contributed by atoms with Gasteiger partial charge in [0.1, 0.15) is 40.5 Å². The Morgan fingerprint density at radius 3 is 1.04 bits per heavy atom. The third-order valence-electron chi connectivity index (χ3n) is 19.1. The molecule has 0 fully saturated rings. The summed E-state index contributed by atoms with van der Waals surface area (Å²) < 4.78 is 23.7. The number of nitrogens with one attached hydrogen (secondary N) is 1. The number of Topliss-reactive ketones (excluding diaryl/α,β-unsaturated/α-hetero) is 10. The van der Waals surface area contributed by atoms with E-state index in [4.69, 9.17) is 0 Å². The first-order valence-electron chi connectivity index (χ1n) is 47.0. The van der Waals surface area contributed by atoms with Gasteiger partial charge in [-0.25, -0.2) is 12.7 Å². The number of nitrogens with zero attached hydrogens (tertiary/aromatic N) is 3. The van der Waals surface area contributed by atoms with Crippen molar-refractivity contribution < 1.29 is 94.7 Å². The van der Waals surface area contributed by atoms with Crippen molar-refractivity contribution in [2.45, 2.75) is 356 Å². The van der Waals surface area contributed by atoms with Crippen LogP contribution >= 0.6 is 0 Å². The summed E-state index contributed by atoms with van der Waals surface area (Å²) in [5, 5.41) is 3.35. The monoisotopic (exact) mass is 1920 g/mol. The quantitative estimate of drug-likeness (QED) is 0.0468. The van der Waals surface area contributed by atoms with Gasteiger partial charge in [0.05, 0.1) is 13.1 Å². The minimum Gasteiger partial charge on any atom is -0.345 e. The molecule has 1 N–H and O–H groups in total. The Morgan fingerprint density at radius 1 is 0.360 bits per heavy atom. The molecule has 0 spiro atoms. The maximum Gasteiger partial charge on any atom is 0.246 e. The fourth-order valence-corrected chi connectivity index (χ4v) is 11.0. The molecule has 0 aliphatic carbocycles. The molecule has 0 saturated heterocycles. The van der Waals surface area contributed by atoms with E-state index in [0.717, 1.165) is 35.5 Å². The highest BCUT2D eigenvalue weighted by molar-refractivity contribution is 7.92. The zero-order valence-corrected chi connectivity index (χ0v) is 91.7. The number of carbonyl (C=O) groups excluding carboxylic acids is 18. The van der Waals surface area contributed by atoms with E-state index in [1.807, 2.05) is 223 Å². The lowest BCUT2D eigenvalue weighted by molar-refractivity contribution is -0.133. The Kier molecular flexibility index (Phi) is 74.6. The molecular weight excluding hydrogens is 1740 g/mol. The molecule has 0 radical (unpaired) electrons. The van der Waals surface area contributed by atoms with E-state index in [9.17, 15) is 94.7 Å². The molecule has 3 amide bonds. The number of likely N-dealkylation sites (N-methyl/N-ethyl adjacent to an activating group) is 1. The number of benzene rings is 1. The molecule has 772 valence electrons. The van der Waals surface area contributed by atoms with E-state index in [-0.39, 0.29) is 189 Å². The van der Waals surface area contributed by atoms with Gasteiger partial charge < -0.3 is 15.1 Å². The summed E-state index contributed by atoms with van der Waals surface area (Å²) in [6.45, 7) is 78.8. The molecule has 1 rings (SSSR count). The van der Waals surface area contributed by atoms with Crippen LogP contribution in [0.2, 0.25) is 0 Å². The van der Waals surface area contributed by atoms with E-state index >= 15 is 0 Å². The van der Waals surface area contributed by atoms with Crippen molar-refractivity contribution in [1.29, 1.82) is 0 Å². The molecule has 0 saturated carbocycles. The predicted octanol–water partition coefficient (Wildman–Crippen LogP) is 22.4. The second kappa shape index (κ2) is 71.7. The minimum absolute atomic E-state index is 0.0110. The number of carbonyl (C=O) groups is 18. The number of hydrogen-bond acceptors (Lipinski definition) is 20. The summed E-state index contributed by atoms with van der Waals surface area (Å²) in [7, 11) is 1.70. The summed E-state index contributed by atoms with van der Waals surface area (Å²) >= 11 is 0. The topological polar surface area (TPSA) is 363 Å². The summed E-state index contributed by atoms with van der Waals surface area (Å²) in [5.74, 6) is 0.684. The average Bonchev–Trinajstić information content (AvgIpc) is 0.869. The van der Waals surface area contributed by atoms with Crippen molar-refractivity contribution in [2.24, 2.45) is 48.7 Å². The number of sulfonamides is 1. The number of hydrogen-bond donors (Lipinski definition) is 1. The highest BCUT2D eigenvalue weighted by Gasteiger charge is 2.28. The Morgan fingerprint density at radius 2 is 0.699 bits per heavy atom. The molecule has 0 aliphatic heterocycles. The molecule has 0 aromatic heterocycles. The minimum atomic E-state index is -3.23. The van der Waals surface area contributed by atoms with E-state index in [1.165, 1.54) is 27.4 Å². The van der Waals surface area contributed by atoms with Crippen LogP contribution in [0.3, 0.4) is 0 Å². The molecule has 0 unspecified atom stereocenters. The normalized spacial score (nSPS) is 11.5. The highest BCUT2D eigenvalue weighted by atomic mass is 32.2. The van der Waals surface area contributed by atoms with Gasteiger partial charge in [-0.05, 0) is 131 Å². The largest absolute Gasteiger partial charge is 0.345 e. The standard InChI is InChI=1S/C17H22O2.C15H24O3.C13H23NO2.C12H19NO3.3C12H20O2.C10H17NO2.C8H17NO2S/c1-17(2,3)16(19)11-7-10-15(18)13-12-14-8-5-4-6-9-14;1-11(2)10-13(17)7-6-12(16)8-9-14(18)15(3,4)5;1-6-7-11(15)8-9-12(16)14(5)10-13(2,3)4;1-5-11(16)13-8-9(14)6-7-10(15)12(2,3)4;1-9(2)10(13)7-6-8-11(14)12(3,4)5;1-5-10(13)8-6-7-9-11(14)12(2,3)4;1-5-7-10(13)8-6-9-11(14)12(2,3)4;1-6-9(13)11(5)7-8(12)10(2,3)4;1-6-12(10,11)9(5)7-8(2,3)4/h4-6,8-9,12-13H,7,10-11H2,1-3H3;10H,6-9H2,1-5H3;6-7H,8-10H2,1-5H3;5H,1,6-8H2,2-4H3,(H,13,16);1,6-8H2,2-5H3;5H,1,6-9H2,2-4H3;5,7H,6,8-9H2,1-4H3;6H,1,7H2,2-5H3;6H,1,7H2,2-5H3/b13-12+;;7-6+;;;;7-5+;;. The van der Waals surface area contributed by atoms with Gasteiger partial charge in [0, 0.05) is 180 Å². The molecule has 25 heteroatoms. The maximum absolute atomic E-state index is 11.7. The van der Waals surface area contributed by atoms with Gasteiger partial charge in [-0.15, -0.1) is 0 Å². The smallest absolute Gasteiger partial charge is 0.246 e. The number of rotatable bonds is 46. The second-order valence-corrected chi connectivity index (χ2v) is 45.4. The van der Waals surface area contributed by atoms with Crippen LogP contribution in [0.15, 0.2) is 134 Å². The van der Waals surface area contributed by atoms with Crippen molar-refractivity contribution in [2.75, 3.05) is 47.3 Å². The van der Waals surface area contributed by atoms with Crippen molar-refractivity contribution >= 4 is 121 Å². The van der Waals surface area contributed by atoms with Crippen LogP contribution < -0.4 is 5.32 Å². The van der Waals surface area contributed by atoms with Crippen LogP contribution in [0, 0.1) is 48.7 Å². The highest BCUT2D eigenvalue weighted by Crippen LogP contribution is 2.25. The molecule has 0 aliphatic rings. The molecular formula is C111H182N4O20S. The van der Waals surface area contributed by atoms with Crippen molar-refractivity contribution in [1.82, 2.24) is 19.4 Å². The lowest BCUT2D eigenvalue weighted by Crippen LogP contribution is -2.36. The Labute approximate surface area is 822 Å².